The van der Waals surface area contributed by atoms with E-state index in [2.05, 4.69) is 0 Å². The van der Waals surface area contributed by atoms with Crippen molar-refractivity contribution in [1.82, 2.24) is 4.57 Å². The van der Waals surface area contributed by atoms with E-state index in [9.17, 15) is 13.6 Å². The summed E-state index contributed by atoms with van der Waals surface area (Å²) >= 11 is 5.96. The van der Waals surface area contributed by atoms with Gasteiger partial charge in [-0.3, -0.25) is 13.8 Å². The second-order valence-corrected chi connectivity index (χ2v) is 6.85. The summed E-state index contributed by atoms with van der Waals surface area (Å²) in [7, 11) is 0. The standard InChI is InChI=1S/C19H16ClF2NO/c1-19(2,11-21)13-8-12-6-7-23(15-5-3-4-14(20)10-15)18(24)17(12)16(22)9-13/h3-10H,11H2,1-2H3. The molecule has 0 atom stereocenters. The summed E-state index contributed by atoms with van der Waals surface area (Å²) in [5, 5.41) is 0.922. The largest absolute Gasteiger partial charge is 0.284 e. The zero-order valence-corrected chi connectivity index (χ0v) is 14.1. The van der Waals surface area contributed by atoms with Gasteiger partial charge in [-0.25, -0.2) is 4.39 Å². The van der Waals surface area contributed by atoms with E-state index in [0.717, 1.165) is 0 Å². The van der Waals surface area contributed by atoms with Gasteiger partial charge in [0.15, 0.2) is 0 Å². The molecule has 124 valence electrons. The molecule has 0 fully saturated rings. The lowest BCUT2D eigenvalue weighted by Crippen LogP contribution is -2.22. The van der Waals surface area contributed by atoms with Gasteiger partial charge < -0.3 is 0 Å². The third-order valence-corrected chi connectivity index (χ3v) is 4.39. The van der Waals surface area contributed by atoms with Crippen LogP contribution in [0.4, 0.5) is 8.78 Å². The van der Waals surface area contributed by atoms with E-state index in [-0.39, 0.29) is 5.39 Å². The number of alkyl halides is 1. The summed E-state index contributed by atoms with van der Waals surface area (Å²) in [6, 6.07) is 11.3. The number of benzene rings is 2. The van der Waals surface area contributed by atoms with Gasteiger partial charge in [-0.05, 0) is 41.3 Å². The van der Waals surface area contributed by atoms with Crippen molar-refractivity contribution in [2.24, 2.45) is 0 Å². The molecule has 3 aromatic rings. The monoisotopic (exact) mass is 347 g/mol. The van der Waals surface area contributed by atoms with E-state index in [4.69, 9.17) is 11.6 Å². The minimum Gasteiger partial charge on any atom is -0.284 e. The van der Waals surface area contributed by atoms with E-state index < -0.39 is 23.5 Å². The minimum absolute atomic E-state index is 0.0177. The maximum absolute atomic E-state index is 14.6. The Kier molecular flexibility index (Phi) is 4.18. The van der Waals surface area contributed by atoms with E-state index in [0.29, 0.717) is 21.7 Å². The number of nitrogens with zero attached hydrogens (tertiary/aromatic N) is 1. The molecular formula is C19H16ClF2NO. The van der Waals surface area contributed by atoms with Crippen LogP contribution in [0.5, 0.6) is 0 Å². The fourth-order valence-electron chi connectivity index (χ4n) is 2.63. The molecule has 0 unspecified atom stereocenters. The van der Waals surface area contributed by atoms with Crippen LogP contribution >= 0.6 is 11.6 Å². The minimum atomic E-state index is -0.809. The number of hydrogen-bond acceptors (Lipinski definition) is 1. The Labute approximate surface area is 143 Å². The van der Waals surface area contributed by atoms with Crippen LogP contribution in [0.1, 0.15) is 19.4 Å². The lowest BCUT2D eigenvalue weighted by atomic mass is 9.85. The molecule has 0 aliphatic rings. The predicted octanol–water partition coefficient (Wildman–Crippen LogP) is 5.03. The molecule has 2 aromatic carbocycles. The zero-order valence-electron chi connectivity index (χ0n) is 13.3. The van der Waals surface area contributed by atoms with Crippen molar-refractivity contribution in [1.29, 1.82) is 0 Å². The van der Waals surface area contributed by atoms with Crippen LogP contribution in [0.15, 0.2) is 53.5 Å². The first-order valence-electron chi connectivity index (χ1n) is 7.51. The van der Waals surface area contributed by atoms with Gasteiger partial charge >= 0.3 is 0 Å². The molecule has 0 aliphatic carbocycles. The SMILES string of the molecule is CC(C)(CF)c1cc(F)c2c(=O)n(-c3cccc(Cl)c3)ccc2c1. The van der Waals surface area contributed by atoms with Crippen molar-refractivity contribution in [3.8, 4) is 5.69 Å². The molecule has 24 heavy (non-hydrogen) atoms. The van der Waals surface area contributed by atoms with Crippen molar-refractivity contribution in [3.05, 3.63) is 75.4 Å². The summed E-state index contributed by atoms with van der Waals surface area (Å²) in [5.74, 6) is -0.648. The first-order chi connectivity index (χ1) is 11.3. The van der Waals surface area contributed by atoms with Crippen LogP contribution in [0, 0.1) is 5.82 Å². The Morgan fingerprint density at radius 2 is 1.92 bits per heavy atom. The quantitative estimate of drug-likeness (QED) is 0.651. The van der Waals surface area contributed by atoms with Crippen LogP contribution in [0.3, 0.4) is 0 Å². The molecule has 0 spiro atoms. The molecule has 3 rings (SSSR count). The van der Waals surface area contributed by atoms with E-state index in [1.165, 1.54) is 10.6 Å². The highest BCUT2D eigenvalue weighted by Crippen LogP contribution is 2.28. The molecule has 0 aliphatic heterocycles. The Morgan fingerprint density at radius 1 is 1.17 bits per heavy atom. The fraction of sp³-hybridized carbons (Fsp3) is 0.211. The average Bonchev–Trinajstić information content (AvgIpc) is 2.54. The van der Waals surface area contributed by atoms with E-state index in [1.807, 2.05) is 0 Å². The van der Waals surface area contributed by atoms with Gasteiger partial charge in [-0.2, -0.15) is 0 Å². The molecule has 0 bridgehead atoms. The van der Waals surface area contributed by atoms with Gasteiger partial charge in [0.25, 0.3) is 5.56 Å². The van der Waals surface area contributed by atoms with Crippen molar-refractivity contribution >= 4 is 22.4 Å². The molecule has 2 nitrogen and oxygen atoms in total. The first-order valence-corrected chi connectivity index (χ1v) is 7.88. The predicted molar refractivity (Wildman–Crippen MR) is 93.5 cm³/mol. The summed E-state index contributed by atoms with van der Waals surface area (Å²) in [6.07, 6.45) is 1.57. The van der Waals surface area contributed by atoms with Crippen LogP contribution in [0.2, 0.25) is 5.02 Å². The lowest BCUT2D eigenvalue weighted by Gasteiger charge is -2.22. The summed E-state index contributed by atoms with van der Waals surface area (Å²) in [4.78, 5) is 12.7. The molecule has 1 aromatic heterocycles. The number of rotatable bonds is 3. The number of aromatic nitrogens is 1. The van der Waals surface area contributed by atoms with Crippen molar-refractivity contribution in [2.75, 3.05) is 6.67 Å². The van der Waals surface area contributed by atoms with Crippen LogP contribution < -0.4 is 5.56 Å². The Morgan fingerprint density at radius 3 is 2.58 bits per heavy atom. The van der Waals surface area contributed by atoms with Gasteiger partial charge in [0.2, 0.25) is 0 Å². The Bertz CT molecular complexity index is 979. The molecule has 5 heteroatoms. The number of pyridine rings is 1. The normalized spacial score (nSPS) is 11.9. The fourth-order valence-corrected chi connectivity index (χ4v) is 2.81. The molecular weight excluding hydrogens is 332 g/mol. The smallest absolute Gasteiger partial charge is 0.265 e. The molecule has 0 amide bonds. The molecule has 1 heterocycles. The number of halogens is 3. The number of hydrogen-bond donors (Lipinski definition) is 0. The molecule has 0 saturated heterocycles. The first kappa shape index (κ1) is 16.7. The van der Waals surface area contributed by atoms with Crippen molar-refractivity contribution in [3.63, 3.8) is 0 Å². The summed E-state index contributed by atoms with van der Waals surface area (Å²) in [6.45, 7) is 2.78. The van der Waals surface area contributed by atoms with E-state index >= 15 is 0 Å². The highest BCUT2D eigenvalue weighted by Gasteiger charge is 2.23. The summed E-state index contributed by atoms with van der Waals surface area (Å²) in [5.41, 5.74) is -0.203. The van der Waals surface area contributed by atoms with Crippen LogP contribution in [0.25, 0.3) is 16.5 Å². The van der Waals surface area contributed by atoms with Crippen LogP contribution in [-0.4, -0.2) is 11.2 Å². The van der Waals surface area contributed by atoms with Gasteiger partial charge in [-0.15, -0.1) is 0 Å². The molecule has 0 saturated carbocycles. The third-order valence-electron chi connectivity index (χ3n) is 4.16. The summed E-state index contributed by atoms with van der Waals surface area (Å²) < 4.78 is 29.1. The van der Waals surface area contributed by atoms with Gasteiger partial charge in [0.05, 0.1) is 17.7 Å². The Balaban J connectivity index is 2.26. The van der Waals surface area contributed by atoms with Crippen molar-refractivity contribution in [2.45, 2.75) is 19.3 Å². The van der Waals surface area contributed by atoms with Crippen molar-refractivity contribution < 1.29 is 8.78 Å². The zero-order chi connectivity index (χ0) is 17.5. The molecule has 0 radical (unpaired) electrons. The topological polar surface area (TPSA) is 22.0 Å². The van der Waals surface area contributed by atoms with E-state index in [1.54, 1.807) is 56.4 Å². The second kappa shape index (κ2) is 6.02. The maximum atomic E-state index is 14.6. The maximum Gasteiger partial charge on any atom is 0.265 e. The lowest BCUT2D eigenvalue weighted by molar-refractivity contribution is 0.350. The third kappa shape index (κ3) is 2.82. The Hall–Kier alpha value is -2.20. The van der Waals surface area contributed by atoms with Gasteiger partial charge in [0.1, 0.15) is 5.82 Å². The van der Waals surface area contributed by atoms with Crippen LogP contribution in [-0.2, 0) is 5.41 Å². The second-order valence-electron chi connectivity index (χ2n) is 6.41. The van der Waals surface area contributed by atoms with Gasteiger partial charge in [0, 0.05) is 16.6 Å². The molecule has 0 N–H and O–H groups in total. The highest BCUT2D eigenvalue weighted by atomic mass is 35.5. The highest BCUT2D eigenvalue weighted by molar-refractivity contribution is 6.30. The number of fused-ring (bicyclic) bond motifs is 1. The van der Waals surface area contributed by atoms with Gasteiger partial charge in [-0.1, -0.05) is 37.6 Å². The average molecular weight is 348 g/mol.